The van der Waals surface area contributed by atoms with Crippen LogP contribution in [0.4, 0.5) is 0 Å². The molecule has 6 nitrogen and oxygen atoms in total. The first-order valence-electron chi connectivity index (χ1n) is 8.37. The molecule has 2 aromatic carbocycles. The Morgan fingerprint density at radius 1 is 1.04 bits per heavy atom. The zero-order valence-electron chi connectivity index (χ0n) is 14.6. The van der Waals surface area contributed by atoms with Crippen LogP contribution in [0.15, 0.2) is 67.0 Å². The van der Waals surface area contributed by atoms with Gasteiger partial charge in [0.2, 0.25) is 5.88 Å². The van der Waals surface area contributed by atoms with Crippen molar-refractivity contribution in [3.63, 3.8) is 0 Å². The number of pyridine rings is 1. The van der Waals surface area contributed by atoms with Gasteiger partial charge in [0.1, 0.15) is 5.75 Å². The van der Waals surface area contributed by atoms with E-state index in [1.165, 1.54) is 0 Å². The van der Waals surface area contributed by atoms with Crippen molar-refractivity contribution in [1.29, 1.82) is 0 Å². The number of rotatable bonds is 4. The van der Waals surface area contributed by atoms with E-state index in [1.54, 1.807) is 36.7 Å². The zero-order valence-corrected chi connectivity index (χ0v) is 14.6. The van der Waals surface area contributed by atoms with Crippen molar-refractivity contribution in [3.8, 4) is 23.0 Å². The first-order chi connectivity index (χ1) is 13.1. The summed E-state index contributed by atoms with van der Waals surface area (Å²) in [6, 6.07) is 16.3. The number of amides is 1. The smallest absolute Gasteiger partial charge is 0.252 e. The number of aromatic nitrogens is 3. The van der Waals surface area contributed by atoms with Gasteiger partial charge >= 0.3 is 0 Å². The highest BCUT2D eigenvalue weighted by atomic mass is 16.5. The van der Waals surface area contributed by atoms with Crippen LogP contribution in [-0.4, -0.2) is 20.9 Å². The predicted molar refractivity (Wildman–Crippen MR) is 103 cm³/mol. The Morgan fingerprint density at radius 3 is 2.67 bits per heavy atom. The molecule has 0 aliphatic heterocycles. The molecule has 0 atom stereocenters. The number of ether oxygens (including phenoxy) is 1. The molecule has 0 saturated heterocycles. The van der Waals surface area contributed by atoms with Crippen LogP contribution in [0.2, 0.25) is 0 Å². The topological polar surface area (TPSA) is 91.0 Å². The molecule has 132 valence electrons. The summed E-state index contributed by atoms with van der Waals surface area (Å²) in [5, 5.41) is 0.743. The van der Waals surface area contributed by atoms with Crippen molar-refractivity contribution in [3.05, 3.63) is 78.1 Å². The number of aryl methyl sites for hydroxylation is 1. The number of benzene rings is 2. The van der Waals surface area contributed by atoms with E-state index in [-0.39, 0.29) is 0 Å². The maximum absolute atomic E-state index is 11.7. The molecule has 2 N–H and O–H groups in total. The standard InChI is InChI=1S/C21H16N4O2/c1-13-8-9-15-17(11-13)24-20(14-5-4-10-23-12-14)25-21(15)27-18-7-3-2-6-16(18)19(22)26/h2-12H,1H3,(H2,22,26). The van der Waals surface area contributed by atoms with Gasteiger partial charge in [-0.25, -0.2) is 4.98 Å². The molecule has 0 bridgehead atoms. The van der Waals surface area contributed by atoms with Gasteiger partial charge in [0, 0.05) is 18.0 Å². The summed E-state index contributed by atoms with van der Waals surface area (Å²) in [5.74, 6) is 0.635. The summed E-state index contributed by atoms with van der Waals surface area (Å²) in [6.07, 6.45) is 3.38. The van der Waals surface area contributed by atoms with Gasteiger partial charge < -0.3 is 10.5 Å². The lowest BCUT2D eigenvalue weighted by Gasteiger charge is -2.12. The van der Waals surface area contributed by atoms with Crippen molar-refractivity contribution in [2.75, 3.05) is 0 Å². The minimum atomic E-state index is -0.563. The van der Waals surface area contributed by atoms with Crippen LogP contribution in [0.1, 0.15) is 15.9 Å². The molecule has 4 rings (SSSR count). The zero-order chi connectivity index (χ0) is 18.8. The second kappa shape index (κ2) is 6.84. The number of hydrogen-bond donors (Lipinski definition) is 1. The Balaban J connectivity index is 1.90. The van der Waals surface area contributed by atoms with E-state index in [0.29, 0.717) is 23.0 Å². The number of carbonyl (C=O) groups is 1. The Bertz CT molecular complexity index is 1140. The minimum Gasteiger partial charge on any atom is -0.437 e. The van der Waals surface area contributed by atoms with Crippen molar-refractivity contribution >= 4 is 16.8 Å². The Labute approximate surface area is 155 Å². The van der Waals surface area contributed by atoms with Gasteiger partial charge in [-0.3, -0.25) is 9.78 Å². The van der Waals surface area contributed by atoms with Gasteiger partial charge in [0.25, 0.3) is 5.91 Å². The molecule has 0 unspecified atom stereocenters. The van der Waals surface area contributed by atoms with Crippen LogP contribution < -0.4 is 10.5 Å². The minimum absolute atomic E-state index is 0.291. The number of carbonyl (C=O) groups excluding carboxylic acids is 1. The second-order valence-corrected chi connectivity index (χ2v) is 6.08. The Kier molecular flexibility index (Phi) is 4.22. The lowest BCUT2D eigenvalue weighted by Crippen LogP contribution is -2.12. The molecule has 1 amide bonds. The number of hydrogen-bond acceptors (Lipinski definition) is 5. The van der Waals surface area contributed by atoms with Crippen LogP contribution in [0.5, 0.6) is 11.6 Å². The third-order valence-electron chi connectivity index (χ3n) is 4.10. The predicted octanol–water partition coefficient (Wildman–Crippen LogP) is 3.89. The van der Waals surface area contributed by atoms with Gasteiger partial charge in [0.15, 0.2) is 5.82 Å². The molecule has 4 aromatic rings. The molecule has 0 aliphatic carbocycles. The van der Waals surface area contributed by atoms with Crippen LogP contribution in [-0.2, 0) is 0 Å². The normalized spacial score (nSPS) is 10.7. The Morgan fingerprint density at radius 2 is 1.89 bits per heavy atom. The monoisotopic (exact) mass is 356 g/mol. The fraction of sp³-hybridized carbons (Fsp3) is 0.0476. The summed E-state index contributed by atoms with van der Waals surface area (Å²) in [7, 11) is 0. The maximum atomic E-state index is 11.7. The third kappa shape index (κ3) is 3.32. The van der Waals surface area contributed by atoms with E-state index in [9.17, 15) is 4.79 Å². The van der Waals surface area contributed by atoms with E-state index in [4.69, 9.17) is 10.5 Å². The van der Waals surface area contributed by atoms with Crippen molar-refractivity contribution in [2.45, 2.75) is 6.92 Å². The van der Waals surface area contributed by atoms with E-state index >= 15 is 0 Å². The van der Waals surface area contributed by atoms with Gasteiger partial charge in [0.05, 0.1) is 16.5 Å². The quantitative estimate of drug-likeness (QED) is 0.599. The lowest BCUT2D eigenvalue weighted by molar-refractivity contribution is 0.0998. The highest BCUT2D eigenvalue weighted by Gasteiger charge is 2.15. The van der Waals surface area contributed by atoms with Crippen molar-refractivity contribution in [2.24, 2.45) is 5.73 Å². The summed E-state index contributed by atoms with van der Waals surface area (Å²) in [4.78, 5) is 25.1. The van der Waals surface area contributed by atoms with E-state index in [1.807, 2.05) is 37.3 Å². The number of nitrogens with zero attached hydrogens (tertiary/aromatic N) is 3. The molecule has 2 aromatic heterocycles. The highest BCUT2D eigenvalue weighted by Crippen LogP contribution is 2.31. The van der Waals surface area contributed by atoms with E-state index in [0.717, 1.165) is 22.0 Å². The van der Waals surface area contributed by atoms with Gasteiger partial charge in [-0.15, -0.1) is 0 Å². The fourth-order valence-corrected chi connectivity index (χ4v) is 2.78. The SMILES string of the molecule is Cc1ccc2c(Oc3ccccc3C(N)=O)nc(-c3cccnc3)nc2c1. The summed E-state index contributed by atoms with van der Waals surface area (Å²) < 4.78 is 6.01. The largest absolute Gasteiger partial charge is 0.437 e. The first-order valence-corrected chi connectivity index (χ1v) is 8.37. The Hall–Kier alpha value is -3.80. The molecule has 6 heteroatoms. The number of para-hydroxylation sites is 1. The van der Waals surface area contributed by atoms with E-state index in [2.05, 4.69) is 15.0 Å². The van der Waals surface area contributed by atoms with E-state index < -0.39 is 5.91 Å². The lowest BCUT2D eigenvalue weighted by atomic mass is 10.1. The molecule has 0 spiro atoms. The average Bonchev–Trinajstić information content (AvgIpc) is 2.68. The van der Waals surface area contributed by atoms with Crippen LogP contribution in [0.25, 0.3) is 22.3 Å². The second-order valence-electron chi connectivity index (χ2n) is 6.08. The molecule has 2 heterocycles. The molecular weight excluding hydrogens is 340 g/mol. The average molecular weight is 356 g/mol. The summed E-state index contributed by atoms with van der Waals surface area (Å²) >= 11 is 0. The molecular formula is C21H16N4O2. The van der Waals surface area contributed by atoms with Crippen LogP contribution >= 0.6 is 0 Å². The number of nitrogens with two attached hydrogens (primary N) is 1. The van der Waals surface area contributed by atoms with Gasteiger partial charge in [-0.1, -0.05) is 18.2 Å². The van der Waals surface area contributed by atoms with Crippen LogP contribution in [0.3, 0.4) is 0 Å². The third-order valence-corrected chi connectivity index (χ3v) is 4.10. The maximum Gasteiger partial charge on any atom is 0.252 e. The molecule has 0 saturated carbocycles. The molecule has 0 fully saturated rings. The molecule has 0 aliphatic rings. The van der Waals surface area contributed by atoms with Gasteiger partial charge in [-0.2, -0.15) is 4.98 Å². The fourth-order valence-electron chi connectivity index (χ4n) is 2.78. The van der Waals surface area contributed by atoms with Crippen molar-refractivity contribution < 1.29 is 9.53 Å². The summed E-state index contributed by atoms with van der Waals surface area (Å²) in [5.41, 5.74) is 8.34. The van der Waals surface area contributed by atoms with Gasteiger partial charge in [-0.05, 0) is 48.9 Å². The molecule has 27 heavy (non-hydrogen) atoms. The first kappa shape index (κ1) is 16.7. The van der Waals surface area contributed by atoms with Crippen LogP contribution in [0, 0.1) is 6.92 Å². The van der Waals surface area contributed by atoms with Crippen molar-refractivity contribution in [1.82, 2.24) is 15.0 Å². The number of primary amides is 1. The molecule has 0 radical (unpaired) electrons. The summed E-state index contributed by atoms with van der Waals surface area (Å²) in [6.45, 7) is 1.99. The highest BCUT2D eigenvalue weighted by molar-refractivity contribution is 5.96. The number of fused-ring (bicyclic) bond motifs is 1.